The minimum Gasteiger partial charge on any atom is -0.366 e. The average Bonchev–Trinajstić information content (AvgIpc) is 2.62. The van der Waals surface area contributed by atoms with Crippen LogP contribution in [0.15, 0.2) is 48.5 Å². The molecule has 1 amide bonds. The van der Waals surface area contributed by atoms with Crippen molar-refractivity contribution in [1.82, 2.24) is 4.90 Å². The molecule has 0 saturated carbocycles. The van der Waals surface area contributed by atoms with Crippen LogP contribution >= 0.6 is 0 Å². The summed E-state index contributed by atoms with van der Waals surface area (Å²) in [5.41, 5.74) is 0.689. The number of hydrogen-bond acceptors (Lipinski definition) is 4. The first kappa shape index (κ1) is 15.9. The predicted octanol–water partition coefficient (Wildman–Crippen LogP) is 2.70. The van der Waals surface area contributed by atoms with Gasteiger partial charge in [-0.15, -0.1) is 0 Å². The molecule has 0 N–H and O–H groups in total. The minimum absolute atomic E-state index is 0.0422. The van der Waals surface area contributed by atoms with Gasteiger partial charge in [-0.25, -0.2) is 4.39 Å². The summed E-state index contributed by atoms with van der Waals surface area (Å²) in [6, 6.07) is 12.7. The van der Waals surface area contributed by atoms with Crippen molar-refractivity contribution in [3.05, 3.63) is 70.0 Å². The fourth-order valence-corrected chi connectivity index (χ4v) is 2.78. The van der Waals surface area contributed by atoms with E-state index in [1.165, 1.54) is 12.1 Å². The van der Waals surface area contributed by atoms with Gasteiger partial charge in [-0.05, 0) is 18.2 Å². The first-order valence-electron chi connectivity index (χ1n) is 7.59. The number of benzene rings is 2. The molecule has 0 atom stereocenters. The van der Waals surface area contributed by atoms with Crippen LogP contribution in [0.3, 0.4) is 0 Å². The molecule has 2 aromatic carbocycles. The zero-order valence-electron chi connectivity index (χ0n) is 12.9. The highest BCUT2D eigenvalue weighted by atomic mass is 19.1. The second-order valence-corrected chi connectivity index (χ2v) is 5.54. The van der Waals surface area contributed by atoms with Crippen molar-refractivity contribution in [1.29, 1.82) is 0 Å². The van der Waals surface area contributed by atoms with Gasteiger partial charge in [0.25, 0.3) is 11.6 Å². The molecule has 124 valence electrons. The molecular weight excluding hydrogens is 313 g/mol. The van der Waals surface area contributed by atoms with Gasteiger partial charge in [0.15, 0.2) is 5.82 Å². The van der Waals surface area contributed by atoms with Crippen molar-refractivity contribution >= 4 is 17.3 Å². The summed E-state index contributed by atoms with van der Waals surface area (Å²) in [6.07, 6.45) is 0. The zero-order chi connectivity index (χ0) is 17.1. The van der Waals surface area contributed by atoms with Crippen LogP contribution in [-0.4, -0.2) is 41.9 Å². The highest BCUT2D eigenvalue weighted by Gasteiger charge is 2.24. The fraction of sp³-hybridized carbons (Fsp3) is 0.235. The Morgan fingerprint density at radius 2 is 1.71 bits per heavy atom. The van der Waals surface area contributed by atoms with E-state index in [2.05, 4.69) is 0 Å². The van der Waals surface area contributed by atoms with E-state index in [-0.39, 0.29) is 11.6 Å². The lowest BCUT2D eigenvalue weighted by molar-refractivity contribution is -0.385. The Labute approximate surface area is 138 Å². The van der Waals surface area contributed by atoms with Crippen LogP contribution in [0.4, 0.5) is 15.8 Å². The lowest BCUT2D eigenvalue weighted by Gasteiger charge is -2.36. The molecule has 24 heavy (non-hydrogen) atoms. The number of carbonyl (C=O) groups excluding carboxylic acids is 1. The van der Waals surface area contributed by atoms with Crippen molar-refractivity contribution in [3.8, 4) is 0 Å². The molecular formula is C17H16FN3O3. The maximum Gasteiger partial charge on any atom is 0.272 e. The van der Waals surface area contributed by atoms with Gasteiger partial charge in [0.05, 0.1) is 16.7 Å². The number of nitrogens with zero attached hydrogens (tertiary/aromatic N) is 3. The van der Waals surface area contributed by atoms with Crippen molar-refractivity contribution in [3.63, 3.8) is 0 Å². The largest absolute Gasteiger partial charge is 0.366 e. The Hall–Kier alpha value is -2.96. The number of nitro groups is 1. The van der Waals surface area contributed by atoms with Gasteiger partial charge in [-0.2, -0.15) is 0 Å². The van der Waals surface area contributed by atoms with E-state index in [4.69, 9.17) is 0 Å². The topological polar surface area (TPSA) is 66.7 Å². The van der Waals surface area contributed by atoms with Crippen LogP contribution in [0, 0.1) is 15.9 Å². The third-order valence-electron chi connectivity index (χ3n) is 4.07. The number of carbonyl (C=O) groups is 1. The molecule has 0 aliphatic carbocycles. The highest BCUT2D eigenvalue weighted by molar-refractivity contribution is 5.94. The summed E-state index contributed by atoms with van der Waals surface area (Å²) < 4.78 is 14.1. The number of piperazine rings is 1. The van der Waals surface area contributed by atoms with E-state index in [0.717, 1.165) is 6.07 Å². The van der Waals surface area contributed by atoms with Crippen molar-refractivity contribution in [2.45, 2.75) is 0 Å². The number of rotatable bonds is 3. The van der Waals surface area contributed by atoms with E-state index in [1.807, 2.05) is 18.2 Å². The quantitative estimate of drug-likeness (QED) is 0.641. The summed E-state index contributed by atoms with van der Waals surface area (Å²) in [7, 11) is 0. The third kappa shape index (κ3) is 3.19. The molecule has 1 aliphatic heterocycles. The SMILES string of the molecule is O=C(c1ccccc1)N1CCN(c2ccc([N+](=O)[O-])cc2F)CC1. The Kier molecular flexibility index (Phi) is 4.41. The molecule has 0 spiro atoms. The Morgan fingerprint density at radius 3 is 2.29 bits per heavy atom. The van der Waals surface area contributed by atoms with Crippen molar-refractivity contribution in [2.24, 2.45) is 0 Å². The Balaban J connectivity index is 1.67. The summed E-state index contributed by atoms with van der Waals surface area (Å²) in [5, 5.41) is 10.7. The fourth-order valence-electron chi connectivity index (χ4n) is 2.78. The van der Waals surface area contributed by atoms with E-state index in [1.54, 1.807) is 21.9 Å². The van der Waals surface area contributed by atoms with Crippen LogP contribution in [-0.2, 0) is 0 Å². The second-order valence-electron chi connectivity index (χ2n) is 5.54. The first-order chi connectivity index (χ1) is 11.6. The normalized spacial score (nSPS) is 14.5. The van der Waals surface area contributed by atoms with Gasteiger partial charge in [-0.1, -0.05) is 18.2 Å². The van der Waals surface area contributed by atoms with Crippen LogP contribution in [0.1, 0.15) is 10.4 Å². The van der Waals surface area contributed by atoms with Gasteiger partial charge in [0.1, 0.15) is 0 Å². The number of non-ortho nitro benzene ring substituents is 1. The van der Waals surface area contributed by atoms with E-state index in [9.17, 15) is 19.3 Å². The molecule has 3 rings (SSSR count). The molecule has 0 aromatic heterocycles. The lowest BCUT2D eigenvalue weighted by Crippen LogP contribution is -2.49. The van der Waals surface area contributed by atoms with Crippen molar-refractivity contribution in [2.75, 3.05) is 31.1 Å². The molecule has 0 radical (unpaired) electrons. The third-order valence-corrected chi connectivity index (χ3v) is 4.07. The van der Waals surface area contributed by atoms with Gasteiger partial charge >= 0.3 is 0 Å². The molecule has 1 fully saturated rings. The van der Waals surface area contributed by atoms with Gasteiger partial charge in [-0.3, -0.25) is 14.9 Å². The van der Waals surface area contributed by atoms with Crippen LogP contribution in [0.5, 0.6) is 0 Å². The van der Waals surface area contributed by atoms with E-state index >= 15 is 0 Å². The Morgan fingerprint density at radius 1 is 1.04 bits per heavy atom. The molecule has 0 bridgehead atoms. The monoisotopic (exact) mass is 329 g/mol. The average molecular weight is 329 g/mol. The standard InChI is InChI=1S/C17H16FN3O3/c18-15-12-14(21(23)24)6-7-16(15)19-8-10-20(11-9-19)17(22)13-4-2-1-3-5-13/h1-7,12H,8-11H2. The van der Waals surface area contributed by atoms with E-state index < -0.39 is 10.7 Å². The molecule has 7 heteroatoms. The second kappa shape index (κ2) is 6.66. The molecule has 1 heterocycles. The molecule has 1 aliphatic rings. The predicted molar refractivity (Wildman–Crippen MR) is 87.6 cm³/mol. The smallest absolute Gasteiger partial charge is 0.272 e. The molecule has 1 saturated heterocycles. The first-order valence-corrected chi connectivity index (χ1v) is 7.59. The zero-order valence-corrected chi connectivity index (χ0v) is 12.9. The number of hydrogen-bond donors (Lipinski definition) is 0. The molecule has 6 nitrogen and oxygen atoms in total. The highest BCUT2D eigenvalue weighted by Crippen LogP contribution is 2.25. The molecule has 0 unspecified atom stereocenters. The number of amides is 1. The van der Waals surface area contributed by atoms with Crippen LogP contribution in [0.2, 0.25) is 0 Å². The summed E-state index contributed by atoms with van der Waals surface area (Å²) >= 11 is 0. The number of anilines is 1. The summed E-state index contributed by atoms with van der Waals surface area (Å²) in [5.74, 6) is -0.661. The van der Waals surface area contributed by atoms with Crippen molar-refractivity contribution < 1.29 is 14.1 Å². The van der Waals surface area contributed by atoms with E-state index in [0.29, 0.717) is 37.4 Å². The Bertz CT molecular complexity index is 759. The minimum atomic E-state index is -0.622. The van der Waals surface area contributed by atoms with Gasteiger partial charge in [0.2, 0.25) is 0 Å². The van der Waals surface area contributed by atoms with Crippen LogP contribution < -0.4 is 4.90 Å². The van der Waals surface area contributed by atoms with Gasteiger partial charge in [0, 0.05) is 37.8 Å². The van der Waals surface area contributed by atoms with Gasteiger partial charge < -0.3 is 9.80 Å². The summed E-state index contributed by atoms with van der Waals surface area (Å²) in [6.45, 7) is 1.91. The molecule has 2 aromatic rings. The van der Waals surface area contributed by atoms with Crippen LogP contribution in [0.25, 0.3) is 0 Å². The number of nitro benzene ring substituents is 1. The lowest BCUT2D eigenvalue weighted by atomic mass is 10.1. The maximum absolute atomic E-state index is 14.1. The summed E-state index contributed by atoms with van der Waals surface area (Å²) in [4.78, 5) is 26.0. The maximum atomic E-state index is 14.1. The number of halogens is 1.